The second-order valence-corrected chi connectivity index (χ2v) is 6.80. The third-order valence-corrected chi connectivity index (χ3v) is 5.06. The summed E-state index contributed by atoms with van der Waals surface area (Å²) in [6.07, 6.45) is -0.829. The predicted molar refractivity (Wildman–Crippen MR) is 73.8 cm³/mol. The van der Waals surface area contributed by atoms with Gasteiger partial charge in [-0.1, -0.05) is 12.1 Å². The van der Waals surface area contributed by atoms with E-state index in [4.69, 9.17) is 11.5 Å². The second kappa shape index (κ2) is 5.39. The lowest BCUT2D eigenvalue weighted by Crippen LogP contribution is -2.44. The van der Waals surface area contributed by atoms with E-state index in [9.17, 15) is 18.3 Å². The summed E-state index contributed by atoms with van der Waals surface area (Å²) in [5, 5.41) is 9.55. The van der Waals surface area contributed by atoms with Crippen LogP contribution in [0.1, 0.15) is 12.0 Å². The van der Waals surface area contributed by atoms with Crippen molar-refractivity contribution in [1.29, 1.82) is 0 Å². The van der Waals surface area contributed by atoms with Crippen molar-refractivity contribution in [2.45, 2.75) is 24.3 Å². The normalized spacial score (nSPS) is 23.9. The largest absolute Gasteiger partial charge is 0.399 e. The van der Waals surface area contributed by atoms with Crippen LogP contribution in [0.5, 0.6) is 0 Å². The molecule has 0 spiro atoms. The molecule has 1 aromatic carbocycles. The predicted octanol–water partition coefficient (Wildman–Crippen LogP) is -0.981. The van der Waals surface area contributed by atoms with Crippen molar-refractivity contribution in [1.82, 2.24) is 4.31 Å². The first kappa shape index (κ1) is 14.8. The van der Waals surface area contributed by atoms with Gasteiger partial charge in [-0.25, -0.2) is 8.42 Å². The average molecular weight is 299 g/mol. The summed E-state index contributed by atoms with van der Waals surface area (Å²) in [5.74, 6) is -1.01. The molecule has 0 aromatic heterocycles. The van der Waals surface area contributed by atoms with E-state index < -0.39 is 28.1 Å². The molecule has 0 bridgehead atoms. The quantitative estimate of drug-likeness (QED) is 0.616. The Morgan fingerprint density at radius 3 is 2.50 bits per heavy atom. The Morgan fingerprint density at radius 2 is 1.95 bits per heavy atom. The van der Waals surface area contributed by atoms with Crippen LogP contribution in [0.4, 0.5) is 5.69 Å². The van der Waals surface area contributed by atoms with Gasteiger partial charge in [0.1, 0.15) is 6.04 Å². The van der Waals surface area contributed by atoms with Gasteiger partial charge in [0.25, 0.3) is 0 Å². The van der Waals surface area contributed by atoms with E-state index in [-0.39, 0.29) is 18.7 Å². The van der Waals surface area contributed by atoms with Crippen LogP contribution in [-0.4, -0.2) is 42.4 Å². The van der Waals surface area contributed by atoms with Gasteiger partial charge in [0, 0.05) is 18.7 Å². The number of aliphatic hydroxyl groups is 1. The molecule has 2 atom stereocenters. The van der Waals surface area contributed by atoms with Crippen molar-refractivity contribution in [3.8, 4) is 0 Å². The summed E-state index contributed by atoms with van der Waals surface area (Å²) in [4.78, 5) is 11.3. The molecule has 20 heavy (non-hydrogen) atoms. The number of nitrogen functional groups attached to an aromatic ring is 1. The molecule has 2 unspecified atom stereocenters. The molecule has 2 rings (SSSR count). The van der Waals surface area contributed by atoms with Gasteiger partial charge >= 0.3 is 0 Å². The molecule has 7 nitrogen and oxygen atoms in total. The highest BCUT2D eigenvalue weighted by Crippen LogP contribution is 2.24. The number of hydrogen-bond acceptors (Lipinski definition) is 5. The van der Waals surface area contributed by atoms with E-state index in [1.807, 2.05) is 0 Å². The molecule has 8 heteroatoms. The molecule has 0 radical (unpaired) electrons. The Balaban J connectivity index is 2.21. The van der Waals surface area contributed by atoms with Crippen molar-refractivity contribution in [2.24, 2.45) is 5.73 Å². The number of β-amino-alcohol motifs (C(OH)–C–C–N with tert-alkyl or cyclic N) is 1. The van der Waals surface area contributed by atoms with Gasteiger partial charge in [0.2, 0.25) is 15.9 Å². The maximum Gasteiger partial charge on any atom is 0.235 e. The van der Waals surface area contributed by atoms with Gasteiger partial charge in [-0.15, -0.1) is 0 Å². The van der Waals surface area contributed by atoms with E-state index in [2.05, 4.69) is 0 Å². The van der Waals surface area contributed by atoms with E-state index in [1.165, 1.54) is 0 Å². The minimum absolute atomic E-state index is 0.0380. The summed E-state index contributed by atoms with van der Waals surface area (Å²) >= 11 is 0. The average Bonchev–Trinajstić information content (AvgIpc) is 2.75. The van der Waals surface area contributed by atoms with Gasteiger partial charge in [0.05, 0.1) is 11.9 Å². The molecule has 0 saturated carbocycles. The molecule has 1 heterocycles. The highest BCUT2D eigenvalue weighted by atomic mass is 32.2. The van der Waals surface area contributed by atoms with Crippen LogP contribution in [0.25, 0.3) is 0 Å². The maximum absolute atomic E-state index is 12.3. The summed E-state index contributed by atoms with van der Waals surface area (Å²) in [7, 11) is -3.72. The maximum atomic E-state index is 12.3. The standard InChI is InChI=1S/C12H17N3O4S/c13-9-3-1-8(2-4-9)7-20(18,19)15-6-10(16)5-11(15)12(14)17/h1-4,10-11,16H,5-7,13H2,(H2,14,17). The van der Waals surface area contributed by atoms with E-state index in [1.54, 1.807) is 24.3 Å². The lowest BCUT2D eigenvalue weighted by molar-refractivity contribution is -0.121. The zero-order valence-electron chi connectivity index (χ0n) is 10.8. The van der Waals surface area contributed by atoms with Gasteiger partial charge in [-0.3, -0.25) is 4.79 Å². The molecule has 5 N–H and O–H groups in total. The van der Waals surface area contributed by atoms with Crippen molar-refractivity contribution in [3.63, 3.8) is 0 Å². The highest BCUT2D eigenvalue weighted by molar-refractivity contribution is 7.88. The first-order valence-corrected chi connectivity index (χ1v) is 7.72. The minimum Gasteiger partial charge on any atom is -0.399 e. The molecule has 1 fully saturated rings. The molecule has 1 saturated heterocycles. The fourth-order valence-corrected chi connectivity index (χ4v) is 4.01. The van der Waals surface area contributed by atoms with Crippen LogP contribution >= 0.6 is 0 Å². The molecule has 1 aromatic rings. The van der Waals surface area contributed by atoms with Crippen molar-refractivity contribution >= 4 is 21.6 Å². The Kier molecular flexibility index (Phi) is 3.98. The number of carbonyl (C=O) groups is 1. The molecule has 110 valence electrons. The number of primary amides is 1. The van der Waals surface area contributed by atoms with Crippen molar-refractivity contribution in [3.05, 3.63) is 29.8 Å². The van der Waals surface area contributed by atoms with Gasteiger partial charge in [0.15, 0.2) is 0 Å². The van der Waals surface area contributed by atoms with Crippen LogP contribution < -0.4 is 11.5 Å². The highest BCUT2D eigenvalue weighted by Gasteiger charge is 2.41. The number of carbonyl (C=O) groups excluding carboxylic acids is 1. The van der Waals surface area contributed by atoms with Crippen LogP contribution in [0.2, 0.25) is 0 Å². The number of hydrogen-bond donors (Lipinski definition) is 3. The van der Waals surface area contributed by atoms with E-state index >= 15 is 0 Å². The SMILES string of the molecule is NC(=O)C1CC(O)CN1S(=O)(=O)Cc1ccc(N)cc1. The molecule has 1 aliphatic heterocycles. The number of anilines is 1. The first-order chi connectivity index (χ1) is 9.29. The molecule has 1 amide bonds. The molecular weight excluding hydrogens is 282 g/mol. The number of nitrogens with two attached hydrogens (primary N) is 2. The zero-order chi connectivity index (χ0) is 14.9. The number of aliphatic hydroxyl groups excluding tert-OH is 1. The molecule has 1 aliphatic rings. The van der Waals surface area contributed by atoms with Crippen LogP contribution in [0.15, 0.2) is 24.3 Å². The third kappa shape index (κ3) is 3.09. The van der Waals surface area contributed by atoms with Gasteiger partial charge in [-0.2, -0.15) is 4.31 Å². The number of benzene rings is 1. The molecular formula is C12H17N3O4S. The number of amides is 1. The fourth-order valence-electron chi connectivity index (χ4n) is 2.26. The minimum atomic E-state index is -3.72. The lowest BCUT2D eigenvalue weighted by Gasteiger charge is -2.21. The topological polar surface area (TPSA) is 127 Å². The van der Waals surface area contributed by atoms with Gasteiger partial charge in [-0.05, 0) is 17.7 Å². The first-order valence-electron chi connectivity index (χ1n) is 6.11. The fraction of sp³-hybridized carbons (Fsp3) is 0.417. The lowest BCUT2D eigenvalue weighted by atomic mass is 10.2. The van der Waals surface area contributed by atoms with Crippen molar-refractivity contribution in [2.75, 3.05) is 12.3 Å². The smallest absolute Gasteiger partial charge is 0.235 e. The van der Waals surface area contributed by atoms with Crippen molar-refractivity contribution < 1.29 is 18.3 Å². The Morgan fingerprint density at radius 1 is 1.35 bits per heavy atom. The summed E-state index contributed by atoms with van der Waals surface area (Å²) < 4.78 is 25.6. The van der Waals surface area contributed by atoms with Gasteiger partial charge < -0.3 is 16.6 Å². The van der Waals surface area contributed by atoms with Crippen LogP contribution in [-0.2, 0) is 20.6 Å². The second-order valence-electron chi connectivity index (χ2n) is 4.88. The third-order valence-electron chi connectivity index (χ3n) is 3.25. The summed E-state index contributed by atoms with van der Waals surface area (Å²) in [6, 6.07) is 5.45. The summed E-state index contributed by atoms with van der Waals surface area (Å²) in [5.41, 5.74) is 11.8. The Bertz CT molecular complexity index is 600. The zero-order valence-corrected chi connectivity index (χ0v) is 11.6. The summed E-state index contributed by atoms with van der Waals surface area (Å²) in [6.45, 7) is -0.106. The molecule has 0 aliphatic carbocycles. The Hall–Kier alpha value is -1.64. The van der Waals surface area contributed by atoms with E-state index in [0.29, 0.717) is 11.3 Å². The van der Waals surface area contributed by atoms with Crippen LogP contribution in [0, 0.1) is 0 Å². The van der Waals surface area contributed by atoms with E-state index in [0.717, 1.165) is 4.31 Å². The number of nitrogens with zero attached hydrogens (tertiary/aromatic N) is 1. The number of sulfonamides is 1. The Labute approximate surface area is 117 Å². The number of rotatable bonds is 4. The van der Waals surface area contributed by atoms with Crippen LogP contribution in [0.3, 0.4) is 0 Å². The monoisotopic (exact) mass is 299 g/mol.